The molecule has 2 heterocycles. The Morgan fingerprint density at radius 2 is 2.10 bits per heavy atom. The third-order valence-corrected chi connectivity index (χ3v) is 5.29. The predicted octanol–water partition coefficient (Wildman–Crippen LogP) is 2.50. The van der Waals surface area contributed by atoms with E-state index >= 15 is 0 Å². The highest BCUT2D eigenvalue weighted by molar-refractivity contribution is 7.99. The van der Waals surface area contributed by atoms with Crippen molar-refractivity contribution in [1.82, 2.24) is 20.1 Å². The molecule has 2 amide bonds. The lowest BCUT2D eigenvalue weighted by atomic mass is 10.2. The number of hydrogen-bond acceptors (Lipinski definition) is 8. The SMILES string of the molecule is CCOC(=O)NC(=O)CSc1nnc(-c2ccc(OC)cc2)n1CC1CCCO1. The Morgan fingerprint density at radius 3 is 2.76 bits per heavy atom. The minimum Gasteiger partial charge on any atom is -0.497 e. The van der Waals surface area contributed by atoms with Crippen LogP contribution in [-0.4, -0.2) is 58.9 Å². The summed E-state index contributed by atoms with van der Waals surface area (Å²) in [6.07, 6.45) is 1.32. The number of ether oxygens (including phenoxy) is 3. The zero-order valence-electron chi connectivity index (χ0n) is 16.4. The second kappa shape index (κ2) is 10.3. The Labute approximate surface area is 173 Å². The number of carbonyl (C=O) groups excluding carboxylic acids is 2. The molecule has 0 saturated carbocycles. The zero-order chi connectivity index (χ0) is 20.6. The van der Waals surface area contributed by atoms with Gasteiger partial charge in [0.25, 0.3) is 0 Å². The molecule has 156 valence electrons. The number of nitrogens with one attached hydrogen (secondary N) is 1. The Morgan fingerprint density at radius 1 is 1.31 bits per heavy atom. The monoisotopic (exact) mass is 420 g/mol. The predicted molar refractivity (Wildman–Crippen MR) is 107 cm³/mol. The van der Waals surface area contributed by atoms with Crippen molar-refractivity contribution >= 4 is 23.8 Å². The molecule has 1 saturated heterocycles. The van der Waals surface area contributed by atoms with Crippen LogP contribution in [0.2, 0.25) is 0 Å². The molecular weight excluding hydrogens is 396 g/mol. The van der Waals surface area contributed by atoms with E-state index in [0.29, 0.717) is 17.5 Å². The van der Waals surface area contributed by atoms with Crippen LogP contribution in [0.1, 0.15) is 19.8 Å². The van der Waals surface area contributed by atoms with Gasteiger partial charge in [0.15, 0.2) is 11.0 Å². The summed E-state index contributed by atoms with van der Waals surface area (Å²) in [5.74, 6) is 1.01. The van der Waals surface area contributed by atoms with E-state index in [4.69, 9.17) is 14.2 Å². The highest BCUT2D eigenvalue weighted by Crippen LogP contribution is 2.27. The highest BCUT2D eigenvalue weighted by Gasteiger charge is 2.22. The van der Waals surface area contributed by atoms with E-state index in [0.717, 1.165) is 30.8 Å². The molecule has 1 N–H and O–H groups in total. The van der Waals surface area contributed by atoms with Crippen molar-refractivity contribution in [2.45, 2.75) is 37.6 Å². The lowest BCUT2D eigenvalue weighted by molar-refractivity contribution is -0.117. The van der Waals surface area contributed by atoms with Gasteiger partial charge < -0.3 is 14.2 Å². The van der Waals surface area contributed by atoms with Crippen LogP contribution in [0.25, 0.3) is 11.4 Å². The average Bonchev–Trinajstić information content (AvgIpc) is 3.37. The second-order valence-corrected chi connectivity index (χ2v) is 7.28. The number of thioether (sulfide) groups is 1. The summed E-state index contributed by atoms with van der Waals surface area (Å²) in [5.41, 5.74) is 0.888. The number of rotatable bonds is 8. The molecule has 1 aliphatic heterocycles. The van der Waals surface area contributed by atoms with Gasteiger partial charge in [0.05, 0.1) is 32.1 Å². The van der Waals surface area contributed by atoms with Crippen molar-refractivity contribution in [2.24, 2.45) is 0 Å². The molecule has 0 spiro atoms. The number of hydrogen-bond donors (Lipinski definition) is 1. The van der Waals surface area contributed by atoms with Crippen molar-refractivity contribution in [3.05, 3.63) is 24.3 Å². The molecule has 1 aliphatic rings. The molecule has 0 aliphatic carbocycles. The fourth-order valence-corrected chi connectivity index (χ4v) is 3.70. The quantitative estimate of drug-likeness (QED) is 0.650. The van der Waals surface area contributed by atoms with E-state index in [9.17, 15) is 9.59 Å². The maximum atomic E-state index is 12.0. The van der Waals surface area contributed by atoms with Crippen LogP contribution in [0.4, 0.5) is 4.79 Å². The van der Waals surface area contributed by atoms with E-state index in [1.807, 2.05) is 28.8 Å². The fourth-order valence-electron chi connectivity index (χ4n) is 2.95. The van der Waals surface area contributed by atoms with Crippen LogP contribution in [0.3, 0.4) is 0 Å². The second-order valence-electron chi connectivity index (χ2n) is 6.34. The number of aromatic nitrogens is 3. The first-order valence-electron chi connectivity index (χ1n) is 9.39. The Hall–Kier alpha value is -2.59. The molecule has 1 unspecified atom stereocenters. The largest absolute Gasteiger partial charge is 0.497 e. The third-order valence-electron chi connectivity index (χ3n) is 4.32. The molecule has 1 atom stereocenters. The highest BCUT2D eigenvalue weighted by atomic mass is 32.2. The van der Waals surface area contributed by atoms with Crippen molar-refractivity contribution < 1.29 is 23.8 Å². The standard InChI is InChI=1S/C19H24N4O5S/c1-3-27-19(25)20-16(24)12-29-18-22-21-17(13-6-8-14(26-2)9-7-13)23(18)11-15-5-4-10-28-15/h6-9,15H,3-5,10-12H2,1-2H3,(H,20,24,25). The van der Waals surface area contributed by atoms with Gasteiger partial charge in [0, 0.05) is 12.2 Å². The van der Waals surface area contributed by atoms with Crippen molar-refractivity contribution in [1.29, 1.82) is 0 Å². The summed E-state index contributed by atoms with van der Waals surface area (Å²) in [5, 5.41) is 11.3. The summed E-state index contributed by atoms with van der Waals surface area (Å²) in [6, 6.07) is 7.55. The fraction of sp³-hybridized carbons (Fsp3) is 0.474. The lowest BCUT2D eigenvalue weighted by Crippen LogP contribution is -2.32. The van der Waals surface area contributed by atoms with Gasteiger partial charge in [-0.2, -0.15) is 0 Å². The normalized spacial score (nSPS) is 15.9. The van der Waals surface area contributed by atoms with Gasteiger partial charge in [0.1, 0.15) is 5.75 Å². The number of alkyl carbamates (subject to hydrolysis) is 1. The van der Waals surface area contributed by atoms with Crippen LogP contribution in [0.5, 0.6) is 5.75 Å². The molecule has 9 nitrogen and oxygen atoms in total. The summed E-state index contributed by atoms with van der Waals surface area (Å²) < 4.78 is 17.7. The van der Waals surface area contributed by atoms with Gasteiger partial charge in [-0.15, -0.1) is 10.2 Å². The molecule has 1 aromatic heterocycles. The minimum absolute atomic E-state index is 0.0189. The van der Waals surface area contributed by atoms with Gasteiger partial charge in [-0.1, -0.05) is 11.8 Å². The van der Waals surface area contributed by atoms with E-state index in [1.54, 1.807) is 14.0 Å². The van der Waals surface area contributed by atoms with Gasteiger partial charge in [-0.3, -0.25) is 14.7 Å². The maximum Gasteiger partial charge on any atom is 0.413 e. The molecule has 0 bridgehead atoms. The van der Waals surface area contributed by atoms with E-state index < -0.39 is 12.0 Å². The molecule has 3 rings (SSSR count). The van der Waals surface area contributed by atoms with Crippen LogP contribution >= 0.6 is 11.8 Å². The number of nitrogens with zero attached hydrogens (tertiary/aromatic N) is 3. The van der Waals surface area contributed by atoms with Crippen LogP contribution in [0, 0.1) is 0 Å². The topological polar surface area (TPSA) is 105 Å². The Kier molecular flexibility index (Phi) is 7.48. The summed E-state index contributed by atoms with van der Waals surface area (Å²) in [6.45, 7) is 3.21. The van der Waals surface area contributed by atoms with Crippen molar-refractivity contribution in [3.8, 4) is 17.1 Å². The van der Waals surface area contributed by atoms with Crippen molar-refractivity contribution in [2.75, 3.05) is 26.1 Å². The van der Waals surface area contributed by atoms with Gasteiger partial charge >= 0.3 is 6.09 Å². The molecule has 10 heteroatoms. The maximum absolute atomic E-state index is 12.0. The summed E-state index contributed by atoms with van der Waals surface area (Å²) in [7, 11) is 1.62. The minimum atomic E-state index is -0.752. The Bertz CT molecular complexity index is 834. The smallest absolute Gasteiger partial charge is 0.413 e. The first kappa shape index (κ1) is 21.1. The average molecular weight is 420 g/mol. The Balaban J connectivity index is 1.75. The van der Waals surface area contributed by atoms with Crippen LogP contribution in [0.15, 0.2) is 29.4 Å². The first-order valence-corrected chi connectivity index (χ1v) is 10.4. The third kappa shape index (κ3) is 5.70. The summed E-state index contributed by atoms with van der Waals surface area (Å²) >= 11 is 1.21. The molecule has 1 fully saturated rings. The number of amides is 2. The molecule has 1 aromatic carbocycles. The molecule has 2 aromatic rings. The molecule has 29 heavy (non-hydrogen) atoms. The van der Waals surface area contributed by atoms with Crippen LogP contribution in [-0.2, 0) is 20.8 Å². The van der Waals surface area contributed by atoms with E-state index in [1.165, 1.54) is 11.8 Å². The van der Waals surface area contributed by atoms with Gasteiger partial charge in [-0.05, 0) is 44.0 Å². The first-order chi connectivity index (χ1) is 14.1. The van der Waals surface area contributed by atoms with Crippen LogP contribution < -0.4 is 10.1 Å². The number of methoxy groups -OCH3 is 1. The number of benzene rings is 1. The number of imide groups is 1. The lowest BCUT2D eigenvalue weighted by Gasteiger charge is -2.15. The van der Waals surface area contributed by atoms with Gasteiger partial charge in [-0.25, -0.2) is 4.79 Å². The van der Waals surface area contributed by atoms with Crippen molar-refractivity contribution in [3.63, 3.8) is 0 Å². The van der Waals surface area contributed by atoms with E-state index in [2.05, 4.69) is 15.5 Å². The zero-order valence-corrected chi connectivity index (χ0v) is 17.2. The summed E-state index contributed by atoms with van der Waals surface area (Å²) in [4.78, 5) is 23.4. The van der Waals surface area contributed by atoms with E-state index in [-0.39, 0.29) is 18.5 Å². The molecular formula is C19H24N4O5S. The molecule has 0 radical (unpaired) electrons. The number of carbonyl (C=O) groups is 2. The van der Waals surface area contributed by atoms with Gasteiger partial charge in [0.2, 0.25) is 5.91 Å².